The van der Waals surface area contributed by atoms with Crippen LogP contribution in [0, 0.1) is 11.3 Å². The maximum absolute atomic E-state index is 12.9. The molecule has 1 heterocycles. The van der Waals surface area contributed by atoms with Gasteiger partial charge in [-0.3, -0.25) is 0 Å². The van der Waals surface area contributed by atoms with Gasteiger partial charge in [-0.25, -0.2) is 4.98 Å². The molecular weight excluding hydrogens is 425 g/mol. The van der Waals surface area contributed by atoms with Crippen LogP contribution in [-0.4, -0.2) is 33.1 Å². The van der Waals surface area contributed by atoms with Gasteiger partial charge < -0.3 is 13.7 Å². The molecule has 2 rings (SSSR count). The summed E-state index contributed by atoms with van der Waals surface area (Å²) >= 11 is 0. The highest BCUT2D eigenvalue weighted by Gasteiger charge is 2.49. The lowest BCUT2D eigenvalue weighted by Gasteiger charge is -2.21. The Hall–Kier alpha value is -3.00. The van der Waals surface area contributed by atoms with Gasteiger partial charge in [0.1, 0.15) is 23.1 Å². The second-order valence-electron chi connectivity index (χ2n) is 7.18. The number of pyridine rings is 1. The van der Waals surface area contributed by atoms with Crippen LogP contribution in [0.25, 0.3) is 11.1 Å². The van der Waals surface area contributed by atoms with Gasteiger partial charge in [0, 0.05) is 17.0 Å². The number of ether oxygens (including phenoxy) is 2. The standard InChI is InChI=1S/C19H19F3N2O5S/c1-18(2,3)16-9-14(11-6-12(27-4)8-13(7-11)28-5)15(10-23)17(24-16)29-30(25,26)19(20,21)22/h6-9H,1-5H3. The molecule has 0 aliphatic rings. The van der Waals surface area contributed by atoms with Gasteiger partial charge in [-0.05, 0) is 23.8 Å². The Labute approximate surface area is 172 Å². The third kappa shape index (κ3) is 4.76. The Balaban J connectivity index is 2.86. The van der Waals surface area contributed by atoms with Gasteiger partial charge in [0.15, 0.2) is 0 Å². The Morgan fingerprint density at radius 1 is 1.00 bits per heavy atom. The predicted octanol–water partition coefficient (Wildman–Crippen LogP) is 4.16. The zero-order chi connectivity index (χ0) is 22.9. The fraction of sp³-hybridized carbons (Fsp3) is 0.368. The summed E-state index contributed by atoms with van der Waals surface area (Å²) in [5.41, 5.74) is -6.20. The van der Waals surface area contributed by atoms with Crippen LogP contribution in [0.4, 0.5) is 13.2 Å². The molecule has 1 aromatic carbocycles. The van der Waals surface area contributed by atoms with E-state index >= 15 is 0 Å². The first-order valence-corrected chi connectivity index (χ1v) is 9.84. The van der Waals surface area contributed by atoms with E-state index in [1.807, 2.05) is 0 Å². The van der Waals surface area contributed by atoms with Crippen molar-refractivity contribution in [2.75, 3.05) is 14.2 Å². The number of aromatic nitrogens is 1. The molecule has 0 spiro atoms. The molecule has 0 N–H and O–H groups in total. The summed E-state index contributed by atoms with van der Waals surface area (Å²) in [6, 6.07) is 7.78. The molecule has 0 saturated heterocycles. The van der Waals surface area contributed by atoms with Gasteiger partial charge in [0.25, 0.3) is 5.88 Å². The van der Waals surface area contributed by atoms with E-state index in [1.54, 1.807) is 32.9 Å². The molecule has 0 radical (unpaired) electrons. The lowest BCUT2D eigenvalue weighted by molar-refractivity contribution is -0.0501. The number of rotatable bonds is 5. The van der Waals surface area contributed by atoms with E-state index in [-0.39, 0.29) is 11.3 Å². The molecule has 0 saturated carbocycles. The molecular formula is C19H19F3N2O5S. The van der Waals surface area contributed by atoms with Crippen LogP contribution in [0.3, 0.4) is 0 Å². The highest BCUT2D eigenvalue weighted by molar-refractivity contribution is 7.87. The number of halogens is 3. The lowest BCUT2D eigenvalue weighted by Crippen LogP contribution is -2.29. The fourth-order valence-electron chi connectivity index (χ4n) is 2.42. The quantitative estimate of drug-likeness (QED) is 0.504. The lowest BCUT2D eigenvalue weighted by atomic mass is 9.88. The van der Waals surface area contributed by atoms with E-state index < -0.39 is 32.5 Å². The van der Waals surface area contributed by atoms with Crippen LogP contribution >= 0.6 is 0 Å². The molecule has 0 fully saturated rings. The Morgan fingerprint density at radius 3 is 1.93 bits per heavy atom. The van der Waals surface area contributed by atoms with E-state index in [1.165, 1.54) is 32.4 Å². The molecule has 11 heteroatoms. The smallest absolute Gasteiger partial charge is 0.497 e. The van der Waals surface area contributed by atoms with Crippen molar-refractivity contribution in [3.05, 3.63) is 35.5 Å². The first kappa shape index (κ1) is 23.3. The third-order valence-electron chi connectivity index (χ3n) is 4.00. The van der Waals surface area contributed by atoms with Crippen molar-refractivity contribution >= 4 is 10.1 Å². The van der Waals surface area contributed by atoms with Crippen molar-refractivity contribution < 1.29 is 35.2 Å². The molecule has 0 unspecified atom stereocenters. The van der Waals surface area contributed by atoms with Crippen LogP contribution in [0.5, 0.6) is 17.4 Å². The molecule has 0 aliphatic heterocycles. The molecule has 162 valence electrons. The highest BCUT2D eigenvalue weighted by atomic mass is 32.2. The number of benzene rings is 1. The van der Waals surface area contributed by atoms with Gasteiger partial charge in [0.05, 0.1) is 19.9 Å². The van der Waals surface area contributed by atoms with Gasteiger partial charge >= 0.3 is 15.6 Å². The number of nitrogens with zero attached hydrogens (tertiary/aromatic N) is 2. The number of alkyl halides is 3. The van der Waals surface area contributed by atoms with E-state index in [4.69, 9.17) is 9.47 Å². The minimum Gasteiger partial charge on any atom is -0.497 e. The summed E-state index contributed by atoms with van der Waals surface area (Å²) < 4.78 is 76.3. The van der Waals surface area contributed by atoms with E-state index in [0.717, 1.165) is 0 Å². The summed E-state index contributed by atoms with van der Waals surface area (Å²) in [5, 5.41) is 9.60. The molecule has 7 nitrogen and oxygen atoms in total. The van der Waals surface area contributed by atoms with Crippen molar-refractivity contribution in [2.45, 2.75) is 31.7 Å². The van der Waals surface area contributed by atoms with Crippen molar-refractivity contribution in [1.82, 2.24) is 4.98 Å². The molecule has 30 heavy (non-hydrogen) atoms. The topological polar surface area (TPSA) is 98.5 Å². The zero-order valence-electron chi connectivity index (χ0n) is 16.8. The Bertz CT molecular complexity index is 1080. The summed E-state index contributed by atoms with van der Waals surface area (Å²) in [4.78, 5) is 3.90. The molecule has 1 aromatic heterocycles. The Kier molecular flexibility index (Phi) is 6.23. The maximum atomic E-state index is 12.9. The normalized spacial score (nSPS) is 12.2. The summed E-state index contributed by atoms with van der Waals surface area (Å²) in [5.74, 6) is -0.250. The first-order chi connectivity index (χ1) is 13.7. The van der Waals surface area contributed by atoms with Crippen molar-refractivity contribution in [3.8, 4) is 34.6 Å². The number of hydrogen-bond donors (Lipinski definition) is 0. The van der Waals surface area contributed by atoms with Crippen LogP contribution in [-0.2, 0) is 15.5 Å². The van der Waals surface area contributed by atoms with Gasteiger partial charge in [-0.2, -0.15) is 26.9 Å². The minimum absolute atomic E-state index is 0.113. The highest BCUT2D eigenvalue weighted by Crippen LogP contribution is 2.38. The third-order valence-corrected chi connectivity index (χ3v) is 4.95. The number of hydrogen-bond acceptors (Lipinski definition) is 7. The number of methoxy groups -OCH3 is 2. The number of nitriles is 1. The fourth-order valence-corrected chi connectivity index (χ4v) is 2.84. The van der Waals surface area contributed by atoms with Gasteiger partial charge in [-0.1, -0.05) is 20.8 Å². The average Bonchev–Trinajstić information content (AvgIpc) is 2.64. The monoisotopic (exact) mass is 444 g/mol. The zero-order valence-corrected chi connectivity index (χ0v) is 17.6. The van der Waals surface area contributed by atoms with E-state index in [9.17, 15) is 26.9 Å². The van der Waals surface area contributed by atoms with Crippen molar-refractivity contribution in [2.24, 2.45) is 0 Å². The summed E-state index contributed by atoms with van der Waals surface area (Å²) in [7, 11) is -3.23. The van der Waals surface area contributed by atoms with Crippen molar-refractivity contribution in [1.29, 1.82) is 5.26 Å². The molecule has 0 aliphatic carbocycles. The second kappa shape index (κ2) is 8.02. The average molecular weight is 444 g/mol. The van der Waals surface area contributed by atoms with Crippen LogP contribution in [0.1, 0.15) is 32.0 Å². The maximum Gasteiger partial charge on any atom is 0.534 e. The van der Waals surface area contributed by atoms with E-state index in [0.29, 0.717) is 17.1 Å². The SMILES string of the molecule is COc1cc(OC)cc(-c2cc(C(C)(C)C)nc(OS(=O)(=O)C(F)(F)F)c2C#N)c1. The van der Waals surface area contributed by atoms with Gasteiger partial charge in [-0.15, -0.1) is 0 Å². The first-order valence-electron chi connectivity index (χ1n) is 8.43. The van der Waals surface area contributed by atoms with Gasteiger partial charge in [0.2, 0.25) is 0 Å². The van der Waals surface area contributed by atoms with Crippen LogP contribution in [0.2, 0.25) is 0 Å². The summed E-state index contributed by atoms with van der Waals surface area (Å²) in [6.07, 6.45) is 0. The molecule has 2 aromatic rings. The van der Waals surface area contributed by atoms with Crippen LogP contribution < -0.4 is 13.7 Å². The van der Waals surface area contributed by atoms with E-state index in [2.05, 4.69) is 9.17 Å². The van der Waals surface area contributed by atoms with Crippen LogP contribution in [0.15, 0.2) is 24.3 Å². The Morgan fingerprint density at radius 2 is 1.53 bits per heavy atom. The predicted molar refractivity (Wildman–Crippen MR) is 102 cm³/mol. The second-order valence-corrected chi connectivity index (χ2v) is 8.72. The minimum atomic E-state index is -6.03. The largest absolute Gasteiger partial charge is 0.534 e. The molecule has 0 amide bonds. The molecule has 0 bridgehead atoms. The van der Waals surface area contributed by atoms with Crippen molar-refractivity contribution in [3.63, 3.8) is 0 Å². The molecule has 0 atom stereocenters. The summed E-state index contributed by atoms with van der Waals surface area (Å²) in [6.45, 7) is 5.16.